The van der Waals surface area contributed by atoms with Crippen molar-refractivity contribution in [1.29, 1.82) is 0 Å². The molecule has 0 spiro atoms. The van der Waals surface area contributed by atoms with Gasteiger partial charge in [-0.3, -0.25) is 4.79 Å². The summed E-state index contributed by atoms with van der Waals surface area (Å²) < 4.78 is 0. The zero-order valence-corrected chi connectivity index (χ0v) is 12.3. The second kappa shape index (κ2) is 6.48. The minimum absolute atomic E-state index is 0.0324. The Hall–Kier alpha value is -1.94. The van der Waals surface area contributed by atoms with Crippen molar-refractivity contribution >= 4 is 23.4 Å². The molecule has 0 aliphatic heterocycles. The van der Waals surface area contributed by atoms with Crippen molar-refractivity contribution in [3.63, 3.8) is 0 Å². The van der Waals surface area contributed by atoms with Crippen LogP contribution >= 0.6 is 11.8 Å². The molecule has 0 fully saturated rings. The molecule has 0 radical (unpaired) electrons. The fourth-order valence-electron chi connectivity index (χ4n) is 1.83. The summed E-state index contributed by atoms with van der Waals surface area (Å²) in [5.74, 6) is 0.544. The van der Waals surface area contributed by atoms with Crippen molar-refractivity contribution in [1.82, 2.24) is 0 Å². The van der Waals surface area contributed by atoms with E-state index in [1.54, 1.807) is 24.3 Å². The number of carbonyl (C=O) groups is 1. The van der Waals surface area contributed by atoms with Gasteiger partial charge in [-0.2, -0.15) is 0 Å². The molecule has 0 saturated heterocycles. The van der Waals surface area contributed by atoms with Gasteiger partial charge in [0.15, 0.2) is 0 Å². The van der Waals surface area contributed by atoms with Gasteiger partial charge in [-0.25, -0.2) is 0 Å². The summed E-state index contributed by atoms with van der Waals surface area (Å²) in [6.07, 6.45) is 0. The Labute approximate surface area is 123 Å². The van der Waals surface area contributed by atoms with E-state index in [1.807, 2.05) is 32.0 Å². The Kier molecular flexibility index (Phi) is 4.69. The quantitative estimate of drug-likeness (QED) is 0.842. The summed E-state index contributed by atoms with van der Waals surface area (Å²) in [6, 6.07) is 12.8. The van der Waals surface area contributed by atoms with Gasteiger partial charge < -0.3 is 10.4 Å². The molecule has 2 aromatic carbocycles. The third-order valence-corrected chi connectivity index (χ3v) is 3.87. The van der Waals surface area contributed by atoms with E-state index in [9.17, 15) is 9.90 Å². The van der Waals surface area contributed by atoms with Crippen molar-refractivity contribution < 1.29 is 9.90 Å². The molecule has 0 aliphatic carbocycles. The largest absolute Gasteiger partial charge is 0.508 e. The highest BCUT2D eigenvalue weighted by molar-refractivity contribution is 8.00. The van der Waals surface area contributed by atoms with Crippen molar-refractivity contribution in [3.05, 3.63) is 53.6 Å². The Bertz CT molecular complexity index is 608. The first-order chi connectivity index (χ1) is 9.54. The molecule has 2 N–H and O–H groups in total. The maximum Gasteiger partial charge on any atom is 0.234 e. The predicted molar refractivity (Wildman–Crippen MR) is 83.4 cm³/mol. The number of hydrogen-bond donors (Lipinski definition) is 2. The summed E-state index contributed by atoms with van der Waals surface area (Å²) in [4.78, 5) is 12.9. The van der Waals surface area contributed by atoms with Crippen LogP contribution in [0.3, 0.4) is 0 Å². The van der Waals surface area contributed by atoms with Gasteiger partial charge in [0.25, 0.3) is 0 Å². The van der Waals surface area contributed by atoms with Gasteiger partial charge in [0, 0.05) is 10.6 Å². The summed E-state index contributed by atoms with van der Waals surface area (Å²) in [6.45, 7) is 4.01. The minimum atomic E-state index is -0.0324. The van der Waals surface area contributed by atoms with E-state index in [-0.39, 0.29) is 11.7 Å². The highest BCUT2D eigenvalue weighted by Crippen LogP contribution is 2.21. The number of nitrogens with one attached hydrogen (secondary N) is 1. The molecule has 0 unspecified atom stereocenters. The number of phenolic OH excluding ortho intramolecular Hbond substituents is 1. The second-order valence-corrected chi connectivity index (χ2v) is 5.70. The molecule has 0 aromatic heterocycles. The number of anilines is 1. The predicted octanol–water partition coefficient (Wildman–Crippen LogP) is 3.74. The maximum absolute atomic E-state index is 11.9. The monoisotopic (exact) mass is 287 g/mol. The maximum atomic E-state index is 11.9. The standard InChI is InChI=1S/C16H17NO2S/c1-11-3-8-15(12(2)9-11)17-16(19)10-20-14-6-4-13(18)5-7-14/h3-9,18H,10H2,1-2H3,(H,17,19). The number of aromatic hydroxyl groups is 1. The molecule has 104 valence electrons. The summed E-state index contributed by atoms with van der Waals surface area (Å²) in [5.41, 5.74) is 3.10. The van der Waals surface area contributed by atoms with Crippen molar-refractivity contribution in [2.75, 3.05) is 11.1 Å². The lowest BCUT2D eigenvalue weighted by atomic mass is 10.1. The Morgan fingerprint density at radius 1 is 1.15 bits per heavy atom. The molecular formula is C16H17NO2S. The molecule has 0 atom stereocenters. The average molecular weight is 287 g/mol. The van der Waals surface area contributed by atoms with Crippen LogP contribution in [0.2, 0.25) is 0 Å². The molecule has 0 saturated carbocycles. The molecular weight excluding hydrogens is 270 g/mol. The van der Waals surface area contributed by atoms with Gasteiger partial charge >= 0.3 is 0 Å². The third-order valence-electron chi connectivity index (χ3n) is 2.86. The molecule has 2 aromatic rings. The van der Waals surface area contributed by atoms with E-state index in [0.717, 1.165) is 16.1 Å². The molecule has 1 amide bonds. The SMILES string of the molecule is Cc1ccc(NC(=O)CSc2ccc(O)cc2)c(C)c1. The minimum Gasteiger partial charge on any atom is -0.508 e. The Morgan fingerprint density at radius 3 is 2.50 bits per heavy atom. The lowest BCUT2D eigenvalue weighted by Crippen LogP contribution is -2.14. The molecule has 0 aliphatic rings. The molecule has 20 heavy (non-hydrogen) atoms. The average Bonchev–Trinajstić information content (AvgIpc) is 2.41. The topological polar surface area (TPSA) is 49.3 Å². The van der Waals surface area contributed by atoms with Crippen LogP contribution in [0.15, 0.2) is 47.4 Å². The van der Waals surface area contributed by atoms with Gasteiger partial charge in [-0.05, 0) is 49.7 Å². The summed E-state index contributed by atoms with van der Waals surface area (Å²) in [5, 5.41) is 12.1. The smallest absolute Gasteiger partial charge is 0.234 e. The lowest BCUT2D eigenvalue weighted by molar-refractivity contribution is -0.113. The van der Waals surface area contributed by atoms with Gasteiger partial charge in [-0.15, -0.1) is 11.8 Å². The van der Waals surface area contributed by atoms with Crippen LogP contribution in [0.25, 0.3) is 0 Å². The molecule has 0 bridgehead atoms. The number of aryl methyl sites for hydroxylation is 2. The number of benzene rings is 2. The Balaban J connectivity index is 1.90. The normalized spacial score (nSPS) is 10.3. The molecule has 4 heteroatoms. The van der Waals surface area contributed by atoms with E-state index in [4.69, 9.17) is 0 Å². The second-order valence-electron chi connectivity index (χ2n) is 4.65. The van der Waals surface area contributed by atoms with Crippen LogP contribution in [0.5, 0.6) is 5.75 Å². The van der Waals surface area contributed by atoms with Crippen molar-refractivity contribution in [2.24, 2.45) is 0 Å². The Morgan fingerprint density at radius 2 is 1.85 bits per heavy atom. The van der Waals surface area contributed by atoms with Crippen LogP contribution in [-0.2, 0) is 4.79 Å². The van der Waals surface area contributed by atoms with Crippen molar-refractivity contribution in [2.45, 2.75) is 18.7 Å². The van der Waals surface area contributed by atoms with E-state index in [0.29, 0.717) is 5.75 Å². The van der Waals surface area contributed by atoms with Crippen LogP contribution in [0.4, 0.5) is 5.69 Å². The van der Waals surface area contributed by atoms with Crippen molar-refractivity contribution in [3.8, 4) is 5.75 Å². The molecule has 2 rings (SSSR count). The highest BCUT2D eigenvalue weighted by Gasteiger charge is 2.06. The third kappa shape index (κ3) is 4.03. The number of rotatable bonds is 4. The zero-order chi connectivity index (χ0) is 14.5. The number of phenols is 1. The molecule has 3 nitrogen and oxygen atoms in total. The first-order valence-corrected chi connectivity index (χ1v) is 7.32. The van der Waals surface area contributed by atoms with Crippen LogP contribution in [0, 0.1) is 13.8 Å². The lowest BCUT2D eigenvalue weighted by Gasteiger charge is -2.09. The van der Waals surface area contributed by atoms with Gasteiger partial charge in [-0.1, -0.05) is 17.7 Å². The fourth-order valence-corrected chi connectivity index (χ4v) is 2.53. The first kappa shape index (κ1) is 14.5. The van der Waals surface area contributed by atoms with E-state index < -0.39 is 0 Å². The van der Waals surface area contributed by atoms with E-state index in [2.05, 4.69) is 5.32 Å². The summed E-state index contributed by atoms with van der Waals surface area (Å²) in [7, 11) is 0. The summed E-state index contributed by atoms with van der Waals surface area (Å²) >= 11 is 1.44. The zero-order valence-electron chi connectivity index (χ0n) is 11.5. The molecule has 0 heterocycles. The van der Waals surface area contributed by atoms with Gasteiger partial charge in [0.1, 0.15) is 5.75 Å². The number of hydrogen-bond acceptors (Lipinski definition) is 3. The van der Waals surface area contributed by atoms with Crippen LogP contribution in [-0.4, -0.2) is 16.8 Å². The number of thioether (sulfide) groups is 1. The fraction of sp³-hybridized carbons (Fsp3) is 0.188. The van der Waals surface area contributed by atoms with E-state index in [1.165, 1.54) is 17.3 Å². The van der Waals surface area contributed by atoms with Gasteiger partial charge in [0.2, 0.25) is 5.91 Å². The number of amides is 1. The van der Waals surface area contributed by atoms with Gasteiger partial charge in [0.05, 0.1) is 5.75 Å². The van der Waals surface area contributed by atoms with Crippen LogP contribution in [0.1, 0.15) is 11.1 Å². The highest BCUT2D eigenvalue weighted by atomic mass is 32.2. The van der Waals surface area contributed by atoms with E-state index >= 15 is 0 Å². The van der Waals surface area contributed by atoms with Crippen LogP contribution < -0.4 is 5.32 Å². The first-order valence-electron chi connectivity index (χ1n) is 6.33. The number of carbonyl (C=O) groups excluding carboxylic acids is 1.